The summed E-state index contributed by atoms with van der Waals surface area (Å²) in [5, 5.41) is 11.2. The number of benzene rings is 1. The molecule has 2 unspecified atom stereocenters. The van der Waals surface area contributed by atoms with E-state index in [0.29, 0.717) is 24.1 Å². The van der Waals surface area contributed by atoms with Crippen LogP contribution in [0.4, 0.5) is 4.39 Å². The Balaban J connectivity index is 1.42. The van der Waals surface area contributed by atoms with Crippen molar-refractivity contribution in [3.05, 3.63) is 47.5 Å². The molecule has 26 heavy (non-hydrogen) atoms. The Morgan fingerprint density at radius 1 is 1.31 bits per heavy atom. The average Bonchev–Trinajstić information content (AvgIpc) is 3.04. The molecule has 4 rings (SSSR count). The largest absolute Gasteiger partial charge is 0.347 e. The van der Waals surface area contributed by atoms with Crippen LogP contribution in [0, 0.1) is 17.7 Å². The lowest BCUT2D eigenvalue weighted by atomic mass is 9.67. The van der Waals surface area contributed by atoms with E-state index in [4.69, 9.17) is 5.73 Å². The van der Waals surface area contributed by atoms with Gasteiger partial charge in [-0.2, -0.15) is 0 Å². The molecule has 1 amide bonds. The number of rotatable bonds is 4. The van der Waals surface area contributed by atoms with Gasteiger partial charge in [0.1, 0.15) is 5.82 Å². The van der Waals surface area contributed by atoms with Crippen molar-refractivity contribution in [1.82, 2.24) is 20.3 Å². The molecular formula is C19H24FN5O. The summed E-state index contributed by atoms with van der Waals surface area (Å²) < 4.78 is 14.8. The quantitative estimate of drug-likeness (QED) is 0.877. The maximum atomic E-state index is 13.3. The van der Waals surface area contributed by atoms with Crippen LogP contribution >= 0.6 is 0 Å². The fourth-order valence-electron chi connectivity index (χ4n) is 4.55. The molecule has 0 radical (unpaired) electrons. The highest BCUT2D eigenvalue weighted by Crippen LogP contribution is 2.39. The van der Waals surface area contributed by atoms with Crippen molar-refractivity contribution >= 4 is 5.91 Å². The molecule has 2 aliphatic carbocycles. The van der Waals surface area contributed by atoms with Crippen LogP contribution in [0.5, 0.6) is 0 Å². The number of amides is 1. The Bertz CT molecular complexity index is 778. The van der Waals surface area contributed by atoms with Crippen molar-refractivity contribution in [2.75, 3.05) is 0 Å². The first kappa shape index (κ1) is 17.1. The fourth-order valence-corrected chi connectivity index (χ4v) is 4.55. The van der Waals surface area contributed by atoms with E-state index < -0.39 is 0 Å². The molecule has 2 bridgehead atoms. The average molecular weight is 357 g/mol. The number of nitrogens with zero attached hydrogens (tertiary/aromatic N) is 3. The van der Waals surface area contributed by atoms with Crippen LogP contribution in [0.1, 0.15) is 48.2 Å². The smallest absolute Gasteiger partial charge is 0.273 e. The van der Waals surface area contributed by atoms with Gasteiger partial charge < -0.3 is 11.1 Å². The van der Waals surface area contributed by atoms with E-state index in [-0.39, 0.29) is 23.8 Å². The zero-order valence-electron chi connectivity index (χ0n) is 14.6. The Kier molecular flexibility index (Phi) is 4.72. The molecule has 2 aliphatic rings. The van der Waals surface area contributed by atoms with Crippen LogP contribution in [-0.4, -0.2) is 33.0 Å². The SMILES string of the molecule is NC1CC2CCCC(C1)C2NC(=O)c1cn(Cc2cccc(F)c2)nn1. The molecule has 2 fully saturated rings. The first-order chi connectivity index (χ1) is 12.6. The zero-order chi connectivity index (χ0) is 18.1. The summed E-state index contributed by atoms with van der Waals surface area (Å²) in [4.78, 5) is 12.6. The Morgan fingerprint density at radius 2 is 2.08 bits per heavy atom. The van der Waals surface area contributed by atoms with Gasteiger partial charge in [-0.15, -0.1) is 5.10 Å². The van der Waals surface area contributed by atoms with E-state index in [1.807, 2.05) is 6.07 Å². The normalized spacial score (nSPS) is 27.9. The van der Waals surface area contributed by atoms with E-state index in [1.165, 1.54) is 18.6 Å². The van der Waals surface area contributed by atoms with Gasteiger partial charge in [-0.1, -0.05) is 23.8 Å². The molecule has 0 saturated heterocycles. The molecule has 1 aromatic heterocycles. The third-order valence-electron chi connectivity index (χ3n) is 5.68. The summed E-state index contributed by atoms with van der Waals surface area (Å²) in [6.45, 7) is 0.377. The number of hydrogen-bond acceptors (Lipinski definition) is 4. The van der Waals surface area contributed by atoms with E-state index in [0.717, 1.165) is 31.2 Å². The summed E-state index contributed by atoms with van der Waals surface area (Å²) >= 11 is 0. The second-order valence-electron chi connectivity index (χ2n) is 7.61. The lowest BCUT2D eigenvalue weighted by Crippen LogP contribution is -2.53. The highest BCUT2D eigenvalue weighted by molar-refractivity contribution is 5.92. The molecule has 0 aliphatic heterocycles. The highest BCUT2D eigenvalue weighted by atomic mass is 19.1. The Hall–Kier alpha value is -2.28. The standard InChI is InChI=1S/C19H24FN5O/c20-15-6-1-3-12(7-15)10-25-11-17(23-24-25)19(26)22-18-13-4-2-5-14(18)9-16(21)8-13/h1,3,6-7,11,13-14,16,18H,2,4-5,8-10,21H2,(H,22,26). The third-order valence-corrected chi connectivity index (χ3v) is 5.68. The second kappa shape index (κ2) is 7.15. The van der Waals surface area contributed by atoms with Gasteiger partial charge >= 0.3 is 0 Å². The van der Waals surface area contributed by atoms with E-state index in [9.17, 15) is 9.18 Å². The molecule has 2 saturated carbocycles. The van der Waals surface area contributed by atoms with Gasteiger partial charge in [0.15, 0.2) is 5.69 Å². The lowest BCUT2D eigenvalue weighted by molar-refractivity contribution is 0.0751. The number of nitrogens with two attached hydrogens (primary N) is 1. The number of aromatic nitrogens is 3. The Labute approximate surface area is 152 Å². The highest BCUT2D eigenvalue weighted by Gasteiger charge is 2.40. The number of carbonyl (C=O) groups is 1. The first-order valence-electron chi connectivity index (χ1n) is 9.29. The molecule has 0 spiro atoms. The molecule has 3 N–H and O–H groups in total. The summed E-state index contributed by atoms with van der Waals surface area (Å²) in [5.74, 6) is 0.447. The van der Waals surface area contributed by atoms with Gasteiger partial charge in [-0.25, -0.2) is 9.07 Å². The van der Waals surface area contributed by atoms with Crippen LogP contribution in [-0.2, 0) is 6.54 Å². The molecule has 2 aromatic rings. The minimum atomic E-state index is -0.289. The topological polar surface area (TPSA) is 85.8 Å². The molecule has 1 aromatic carbocycles. The molecule has 7 heteroatoms. The van der Waals surface area contributed by atoms with Crippen molar-refractivity contribution in [3.8, 4) is 0 Å². The molecular weight excluding hydrogens is 333 g/mol. The summed E-state index contributed by atoms with van der Waals surface area (Å²) in [5.41, 5.74) is 7.23. The number of carbonyl (C=O) groups excluding carboxylic acids is 1. The van der Waals surface area contributed by atoms with Gasteiger partial charge in [-0.3, -0.25) is 4.79 Å². The Morgan fingerprint density at radius 3 is 2.81 bits per heavy atom. The van der Waals surface area contributed by atoms with E-state index in [1.54, 1.807) is 16.9 Å². The number of fused-ring (bicyclic) bond motifs is 2. The van der Waals surface area contributed by atoms with E-state index in [2.05, 4.69) is 15.6 Å². The summed E-state index contributed by atoms with van der Waals surface area (Å²) in [6.07, 6.45) is 7.05. The maximum absolute atomic E-state index is 13.3. The van der Waals surface area contributed by atoms with Gasteiger partial charge in [0.05, 0.1) is 12.7 Å². The van der Waals surface area contributed by atoms with Gasteiger partial charge in [0.2, 0.25) is 0 Å². The van der Waals surface area contributed by atoms with Gasteiger partial charge in [0, 0.05) is 12.1 Å². The zero-order valence-corrected chi connectivity index (χ0v) is 14.6. The molecule has 2 atom stereocenters. The first-order valence-corrected chi connectivity index (χ1v) is 9.29. The molecule has 6 nitrogen and oxygen atoms in total. The van der Waals surface area contributed by atoms with Crippen molar-refractivity contribution in [2.24, 2.45) is 17.6 Å². The number of hydrogen-bond donors (Lipinski definition) is 2. The molecule has 138 valence electrons. The lowest BCUT2D eigenvalue weighted by Gasteiger charge is -2.45. The van der Waals surface area contributed by atoms with Crippen LogP contribution in [0.25, 0.3) is 0 Å². The predicted molar refractivity (Wildman–Crippen MR) is 94.8 cm³/mol. The minimum Gasteiger partial charge on any atom is -0.347 e. The summed E-state index contributed by atoms with van der Waals surface area (Å²) in [7, 11) is 0. The second-order valence-corrected chi connectivity index (χ2v) is 7.61. The van der Waals surface area contributed by atoms with Gasteiger partial charge in [-0.05, 0) is 55.2 Å². The van der Waals surface area contributed by atoms with Crippen LogP contribution in [0.3, 0.4) is 0 Å². The monoisotopic (exact) mass is 357 g/mol. The van der Waals surface area contributed by atoms with Crippen LogP contribution in [0.15, 0.2) is 30.5 Å². The predicted octanol–water partition coefficient (Wildman–Crippen LogP) is 2.10. The van der Waals surface area contributed by atoms with Crippen LogP contribution < -0.4 is 11.1 Å². The maximum Gasteiger partial charge on any atom is 0.273 e. The summed E-state index contributed by atoms with van der Waals surface area (Å²) in [6, 6.07) is 6.76. The minimum absolute atomic E-state index is 0.185. The van der Waals surface area contributed by atoms with Crippen molar-refractivity contribution in [1.29, 1.82) is 0 Å². The third kappa shape index (κ3) is 3.62. The van der Waals surface area contributed by atoms with Gasteiger partial charge in [0.25, 0.3) is 5.91 Å². The van der Waals surface area contributed by atoms with Crippen LogP contribution in [0.2, 0.25) is 0 Å². The fraction of sp³-hybridized carbons (Fsp3) is 0.526. The van der Waals surface area contributed by atoms with Crippen molar-refractivity contribution in [3.63, 3.8) is 0 Å². The van der Waals surface area contributed by atoms with Crippen molar-refractivity contribution in [2.45, 2.75) is 50.7 Å². The van der Waals surface area contributed by atoms with E-state index >= 15 is 0 Å². The molecule has 1 heterocycles. The van der Waals surface area contributed by atoms with Crippen molar-refractivity contribution < 1.29 is 9.18 Å². The number of halogens is 1. The number of nitrogens with one attached hydrogen (secondary N) is 1.